The first-order valence-electron chi connectivity index (χ1n) is 6.23. The number of morpholine rings is 1. The van der Waals surface area contributed by atoms with E-state index in [1.807, 2.05) is 0 Å². The summed E-state index contributed by atoms with van der Waals surface area (Å²) in [6.45, 7) is 2.77. The molecule has 86 valence electrons. The van der Waals surface area contributed by atoms with E-state index in [9.17, 15) is 0 Å². The van der Waals surface area contributed by atoms with Gasteiger partial charge in [-0.05, 0) is 36.9 Å². The van der Waals surface area contributed by atoms with Crippen molar-refractivity contribution in [2.45, 2.75) is 24.8 Å². The van der Waals surface area contributed by atoms with Gasteiger partial charge in [0, 0.05) is 6.54 Å². The summed E-state index contributed by atoms with van der Waals surface area (Å²) in [7, 11) is 2.21. The van der Waals surface area contributed by atoms with Crippen molar-refractivity contribution in [1.29, 1.82) is 0 Å². The first-order valence-corrected chi connectivity index (χ1v) is 6.23. The molecule has 1 aliphatic heterocycles. The van der Waals surface area contributed by atoms with Crippen LogP contribution in [0.2, 0.25) is 0 Å². The fourth-order valence-electron chi connectivity index (χ4n) is 2.59. The second kappa shape index (κ2) is 4.19. The molecule has 0 radical (unpaired) electrons. The van der Waals surface area contributed by atoms with Gasteiger partial charge >= 0.3 is 0 Å². The molecule has 1 heterocycles. The van der Waals surface area contributed by atoms with Gasteiger partial charge < -0.3 is 4.74 Å². The van der Waals surface area contributed by atoms with Crippen molar-refractivity contribution in [3.8, 4) is 0 Å². The van der Waals surface area contributed by atoms with Crippen LogP contribution < -0.4 is 0 Å². The Morgan fingerprint density at radius 3 is 2.62 bits per heavy atom. The zero-order valence-electron chi connectivity index (χ0n) is 9.86. The molecule has 1 aliphatic carbocycles. The van der Waals surface area contributed by atoms with Crippen LogP contribution in [0.1, 0.15) is 35.9 Å². The normalized spacial score (nSPS) is 26.9. The van der Waals surface area contributed by atoms with Crippen LogP contribution >= 0.6 is 0 Å². The van der Waals surface area contributed by atoms with Crippen LogP contribution in [0.25, 0.3) is 0 Å². The predicted molar refractivity (Wildman–Crippen MR) is 64.6 cm³/mol. The van der Waals surface area contributed by atoms with E-state index in [-0.39, 0.29) is 0 Å². The van der Waals surface area contributed by atoms with Gasteiger partial charge in [-0.3, -0.25) is 4.90 Å². The number of likely N-dealkylation sites (N-methyl/N-ethyl adjacent to an activating group) is 1. The third kappa shape index (κ3) is 1.87. The molecule has 1 atom stereocenters. The van der Waals surface area contributed by atoms with E-state index >= 15 is 0 Å². The fraction of sp³-hybridized carbons (Fsp3) is 0.571. The lowest BCUT2D eigenvalue weighted by Gasteiger charge is -2.33. The topological polar surface area (TPSA) is 12.5 Å². The summed E-state index contributed by atoms with van der Waals surface area (Å²) >= 11 is 0. The lowest BCUT2D eigenvalue weighted by Crippen LogP contribution is -2.36. The SMILES string of the molecule is CN1CCOCC1c1ccccc1C1CC1. The smallest absolute Gasteiger partial charge is 0.0664 e. The number of ether oxygens (including phenoxy) is 1. The van der Waals surface area contributed by atoms with Gasteiger partial charge in [0.15, 0.2) is 0 Å². The summed E-state index contributed by atoms with van der Waals surface area (Å²) in [5.41, 5.74) is 3.05. The van der Waals surface area contributed by atoms with Crippen molar-refractivity contribution in [2.75, 3.05) is 26.8 Å². The molecule has 0 N–H and O–H groups in total. The lowest BCUT2D eigenvalue weighted by atomic mass is 9.96. The monoisotopic (exact) mass is 217 g/mol. The highest BCUT2D eigenvalue weighted by atomic mass is 16.5. The summed E-state index contributed by atoms with van der Waals surface area (Å²) in [5, 5.41) is 0. The highest BCUT2D eigenvalue weighted by Crippen LogP contribution is 2.43. The molecule has 0 amide bonds. The Balaban J connectivity index is 1.91. The highest BCUT2D eigenvalue weighted by Gasteiger charge is 2.30. The third-order valence-corrected chi connectivity index (χ3v) is 3.77. The third-order valence-electron chi connectivity index (χ3n) is 3.77. The predicted octanol–water partition coefficient (Wildman–Crippen LogP) is 2.57. The van der Waals surface area contributed by atoms with Crippen molar-refractivity contribution in [3.05, 3.63) is 35.4 Å². The molecule has 2 fully saturated rings. The Hall–Kier alpha value is -0.860. The van der Waals surface area contributed by atoms with Crippen LogP contribution in [0.4, 0.5) is 0 Å². The minimum atomic E-state index is 0.463. The molecule has 2 nitrogen and oxygen atoms in total. The van der Waals surface area contributed by atoms with E-state index in [0.29, 0.717) is 6.04 Å². The Morgan fingerprint density at radius 1 is 1.19 bits per heavy atom. The molecule has 2 heteroatoms. The molecule has 1 aromatic carbocycles. The van der Waals surface area contributed by atoms with E-state index in [0.717, 1.165) is 25.7 Å². The van der Waals surface area contributed by atoms with Gasteiger partial charge in [-0.2, -0.15) is 0 Å². The second-order valence-corrected chi connectivity index (χ2v) is 4.97. The Kier molecular flexibility index (Phi) is 2.70. The maximum absolute atomic E-state index is 5.62. The molecule has 1 saturated heterocycles. The van der Waals surface area contributed by atoms with Gasteiger partial charge in [0.1, 0.15) is 0 Å². The van der Waals surface area contributed by atoms with Crippen LogP contribution in [0.3, 0.4) is 0 Å². The summed E-state index contributed by atoms with van der Waals surface area (Å²) in [6.07, 6.45) is 2.74. The molecule has 1 unspecified atom stereocenters. The number of hydrogen-bond acceptors (Lipinski definition) is 2. The summed E-state index contributed by atoms with van der Waals surface area (Å²) < 4.78 is 5.62. The van der Waals surface area contributed by atoms with Crippen LogP contribution in [-0.4, -0.2) is 31.7 Å². The molecular formula is C14H19NO. The van der Waals surface area contributed by atoms with Gasteiger partial charge in [0.05, 0.1) is 19.3 Å². The number of hydrogen-bond donors (Lipinski definition) is 0. The Bertz CT molecular complexity index is 373. The van der Waals surface area contributed by atoms with Crippen LogP contribution in [-0.2, 0) is 4.74 Å². The Morgan fingerprint density at radius 2 is 1.94 bits per heavy atom. The van der Waals surface area contributed by atoms with Crippen LogP contribution in [0.15, 0.2) is 24.3 Å². The molecule has 0 bridgehead atoms. The lowest BCUT2D eigenvalue weighted by molar-refractivity contribution is 0.00474. The minimum absolute atomic E-state index is 0.463. The summed E-state index contributed by atoms with van der Waals surface area (Å²) in [4.78, 5) is 2.42. The molecule has 0 spiro atoms. The number of rotatable bonds is 2. The van der Waals surface area contributed by atoms with Gasteiger partial charge in [0.25, 0.3) is 0 Å². The zero-order valence-corrected chi connectivity index (χ0v) is 9.86. The van der Waals surface area contributed by atoms with Crippen molar-refractivity contribution < 1.29 is 4.74 Å². The largest absolute Gasteiger partial charge is 0.378 e. The fourth-order valence-corrected chi connectivity index (χ4v) is 2.59. The van der Waals surface area contributed by atoms with Gasteiger partial charge in [-0.1, -0.05) is 24.3 Å². The van der Waals surface area contributed by atoms with E-state index in [1.54, 1.807) is 5.56 Å². The molecule has 1 aromatic rings. The average Bonchev–Trinajstić information content (AvgIpc) is 3.14. The number of nitrogens with zero attached hydrogens (tertiary/aromatic N) is 1. The van der Waals surface area contributed by atoms with Crippen LogP contribution in [0, 0.1) is 0 Å². The summed E-state index contributed by atoms with van der Waals surface area (Å²) in [5.74, 6) is 0.825. The Labute approximate surface area is 97.2 Å². The second-order valence-electron chi connectivity index (χ2n) is 4.97. The van der Waals surface area contributed by atoms with Crippen molar-refractivity contribution in [2.24, 2.45) is 0 Å². The highest BCUT2D eigenvalue weighted by molar-refractivity contribution is 5.35. The van der Waals surface area contributed by atoms with Gasteiger partial charge in [0.2, 0.25) is 0 Å². The molecule has 2 aliphatic rings. The first kappa shape index (κ1) is 10.3. The van der Waals surface area contributed by atoms with Crippen LogP contribution in [0.5, 0.6) is 0 Å². The maximum atomic E-state index is 5.62. The van der Waals surface area contributed by atoms with E-state index in [1.165, 1.54) is 18.4 Å². The van der Waals surface area contributed by atoms with Gasteiger partial charge in [-0.25, -0.2) is 0 Å². The molecular weight excluding hydrogens is 198 g/mol. The van der Waals surface area contributed by atoms with Crippen molar-refractivity contribution in [1.82, 2.24) is 4.90 Å². The quantitative estimate of drug-likeness (QED) is 0.755. The van der Waals surface area contributed by atoms with E-state index < -0.39 is 0 Å². The summed E-state index contributed by atoms with van der Waals surface area (Å²) in [6, 6.07) is 9.37. The van der Waals surface area contributed by atoms with E-state index in [4.69, 9.17) is 4.74 Å². The van der Waals surface area contributed by atoms with Crippen molar-refractivity contribution in [3.63, 3.8) is 0 Å². The average molecular weight is 217 g/mol. The minimum Gasteiger partial charge on any atom is -0.378 e. The first-order chi connectivity index (χ1) is 7.86. The maximum Gasteiger partial charge on any atom is 0.0664 e. The zero-order chi connectivity index (χ0) is 11.0. The van der Waals surface area contributed by atoms with Gasteiger partial charge in [-0.15, -0.1) is 0 Å². The molecule has 1 saturated carbocycles. The standard InChI is InChI=1S/C14H19NO/c1-15-8-9-16-10-14(15)13-5-3-2-4-12(13)11-6-7-11/h2-5,11,14H,6-10H2,1H3. The molecule has 0 aromatic heterocycles. The van der Waals surface area contributed by atoms with E-state index in [2.05, 4.69) is 36.2 Å². The molecule has 3 rings (SSSR count). The number of benzene rings is 1. The van der Waals surface area contributed by atoms with Crippen molar-refractivity contribution >= 4 is 0 Å². The molecule has 16 heavy (non-hydrogen) atoms.